The van der Waals surface area contributed by atoms with Crippen molar-refractivity contribution in [2.24, 2.45) is 0 Å². The minimum Gasteiger partial charge on any atom is -0.437 e. The first-order valence-corrected chi connectivity index (χ1v) is 20.4. The number of rotatable bonds is 12. The molecule has 10 heteroatoms. The highest BCUT2D eigenvalue weighted by Gasteiger charge is 2.47. The van der Waals surface area contributed by atoms with Crippen LogP contribution in [0.25, 0.3) is 0 Å². The van der Waals surface area contributed by atoms with E-state index >= 15 is 0 Å². The molecule has 0 aromatic carbocycles. The van der Waals surface area contributed by atoms with E-state index in [1.54, 1.807) is 0 Å². The van der Waals surface area contributed by atoms with Crippen molar-refractivity contribution in [2.45, 2.75) is 72.0 Å². The van der Waals surface area contributed by atoms with Gasteiger partial charge in [-0.15, -0.1) is 0 Å². The minimum atomic E-state index is -2.84. The summed E-state index contributed by atoms with van der Waals surface area (Å²) in [5.41, 5.74) is 0. The predicted octanol–water partition coefficient (Wildman–Crippen LogP) is 3.39. The first-order chi connectivity index (χ1) is 10.6. The van der Waals surface area contributed by atoms with Crippen molar-refractivity contribution in [2.75, 3.05) is 19.8 Å². The highest BCUT2D eigenvalue weighted by atomic mass is 28.5. The highest BCUT2D eigenvalue weighted by molar-refractivity contribution is 6.87. The van der Waals surface area contributed by atoms with Gasteiger partial charge in [0.25, 0.3) is 0 Å². The molecule has 2 unspecified atom stereocenters. The summed E-state index contributed by atoms with van der Waals surface area (Å²) in [6.45, 7) is 21.5. The number of hydrogen-bond acceptors (Lipinski definition) is 6. The fraction of sp³-hybridized carbons (Fsp3) is 1.00. The summed E-state index contributed by atoms with van der Waals surface area (Å²) in [5.74, 6) is 0. The average molecular weight is 415 g/mol. The smallest absolute Gasteiger partial charge is 0.437 e. The van der Waals surface area contributed by atoms with Gasteiger partial charge in [-0.1, -0.05) is 0 Å². The molecule has 0 rings (SSSR count). The molecule has 0 fully saturated rings. The second-order valence-electron chi connectivity index (χ2n) is 8.51. The molecule has 0 bridgehead atoms. The quantitative estimate of drug-likeness (QED) is 0.494. The first kappa shape index (κ1) is 24.6. The van der Waals surface area contributed by atoms with Crippen molar-refractivity contribution < 1.29 is 26.6 Å². The standard InChI is InChI=1S/C14H38O6Si4/c1-14(16-12-11-15)13-17-24(10,19-22(5,6)7)20-23(8,9)18-21(2,3)4/h14-15H,11-13H2,1-10H3. The molecular formula is C14H38O6Si4. The molecule has 0 radical (unpaired) electrons. The third kappa shape index (κ3) is 12.9. The fourth-order valence-corrected chi connectivity index (χ4v) is 18.4. The van der Waals surface area contributed by atoms with Crippen molar-refractivity contribution >= 4 is 34.0 Å². The lowest BCUT2D eigenvalue weighted by Crippen LogP contribution is -2.59. The van der Waals surface area contributed by atoms with Crippen LogP contribution in [0.3, 0.4) is 0 Å². The Morgan fingerprint density at radius 3 is 1.71 bits per heavy atom. The van der Waals surface area contributed by atoms with Crippen molar-refractivity contribution in [1.29, 1.82) is 0 Å². The molecule has 24 heavy (non-hydrogen) atoms. The molecule has 0 spiro atoms. The molecule has 6 nitrogen and oxygen atoms in total. The van der Waals surface area contributed by atoms with E-state index in [-0.39, 0.29) is 12.7 Å². The van der Waals surface area contributed by atoms with Crippen LogP contribution in [-0.4, -0.2) is 65.0 Å². The SMILES string of the molecule is CC(CO[Si](C)(O[Si](C)(C)C)O[Si](C)(C)O[Si](C)(C)C)OCCO. The lowest BCUT2D eigenvalue weighted by molar-refractivity contribution is -0.000624. The number of ether oxygens (including phenoxy) is 1. The summed E-state index contributed by atoms with van der Waals surface area (Å²) in [5, 5.41) is 8.85. The van der Waals surface area contributed by atoms with Crippen molar-refractivity contribution in [3.63, 3.8) is 0 Å². The van der Waals surface area contributed by atoms with Gasteiger partial charge in [0, 0.05) is 6.55 Å². The van der Waals surface area contributed by atoms with Gasteiger partial charge in [-0.25, -0.2) is 0 Å². The van der Waals surface area contributed by atoms with Gasteiger partial charge < -0.3 is 26.6 Å². The first-order valence-electron chi connectivity index (χ1n) is 8.54. The van der Waals surface area contributed by atoms with Crippen LogP contribution in [0.4, 0.5) is 0 Å². The molecule has 0 saturated carbocycles. The van der Waals surface area contributed by atoms with E-state index in [0.29, 0.717) is 13.2 Å². The molecule has 0 aliphatic rings. The molecule has 0 heterocycles. The Kier molecular flexibility index (Phi) is 9.78. The fourth-order valence-electron chi connectivity index (χ4n) is 2.41. The van der Waals surface area contributed by atoms with Crippen LogP contribution in [0.2, 0.25) is 58.9 Å². The van der Waals surface area contributed by atoms with E-state index in [2.05, 4.69) is 52.4 Å². The zero-order valence-corrected chi connectivity index (χ0v) is 21.2. The van der Waals surface area contributed by atoms with Crippen LogP contribution in [-0.2, 0) is 21.5 Å². The van der Waals surface area contributed by atoms with E-state index in [1.807, 2.05) is 13.5 Å². The lowest BCUT2D eigenvalue weighted by Gasteiger charge is -2.40. The second kappa shape index (κ2) is 9.53. The van der Waals surface area contributed by atoms with Gasteiger partial charge in [0.15, 0.2) is 16.6 Å². The van der Waals surface area contributed by atoms with Crippen molar-refractivity contribution in [1.82, 2.24) is 0 Å². The Hall–Kier alpha value is 0.628. The summed E-state index contributed by atoms with van der Waals surface area (Å²) >= 11 is 0. The maximum atomic E-state index is 8.85. The number of hydrogen-bond donors (Lipinski definition) is 1. The van der Waals surface area contributed by atoms with Gasteiger partial charge in [0.05, 0.1) is 25.9 Å². The molecular weight excluding hydrogens is 376 g/mol. The summed E-state index contributed by atoms with van der Waals surface area (Å²) < 4.78 is 30.6. The Balaban J connectivity index is 5.00. The average Bonchev–Trinajstić information content (AvgIpc) is 2.27. The third-order valence-corrected chi connectivity index (χ3v) is 15.0. The zero-order valence-electron chi connectivity index (χ0n) is 17.2. The van der Waals surface area contributed by atoms with Gasteiger partial charge in [-0.2, -0.15) is 0 Å². The second-order valence-corrected chi connectivity index (χ2v) is 24.2. The molecule has 2 atom stereocenters. The van der Waals surface area contributed by atoms with Crippen LogP contribution in [0.15, 0.2) is 0 Å². The Morgan fingerprint density at radius 1 is 0.792 bits per heavy atom. The number of aliphatic hydroxyl groups excluding tert-OH is 1. The molecule has 1 N–H and O–H groups in total. The van der Waals surface area contributed by atoms with E-state index in [0.717, 1.165) is 0 Å². The topological polar surface area (TPSA) is 66.4 Å². The Bertz CT molecular complexity index is 369. The summed E-state index contributed by atoms with van der Waals surface area (Å²) in [7, 11) is -8.75. The monoisotopic (exact) mass is 414 g/mol. The maximum absolute atomic E-state index is 8.85. The Morgan fingerprint density at radius 2 is 1.29 bits per heavy atom. The van der Waals surface area contributed by atoms with Gasteiger partial charge in [-0.3, -0.25) is 0 Å². The molecule has 0 aliphatic heterocycles. The van der Waals surface area contributed by atoms with Gasteiger partial charge in [-0.05, 0) is 59.3 Å². The number of aliphatic hydroxyl groups is 1. The highest BCUT2D eigenvalue weighted by Crippen LogP contribution is 2.25. The third-order valence-electron chi connectivity index (χ3n) is 2.55. The molecule has 0 aromatic rings. The molecule has 0 saturated heterocycles. The van der Waals surface area contributed by atoms with E-state index < -0.39 is 34.0 Å². The van der Waals surface area contributed by atoms with E-state index in [4.69, 9.17) is 26.6 Å². The van der Waals surface area contributed by atoms with Crippen LogP contribution in [0.1, 0.15) is 6.92 Å². The molecule has 0 amide bonds. The van der Waals surface area contributed by atoms with Crippen LogP contribution >= 0.6 is 0 Å². The molecule has 0 aliphatic carbocycles. The van der Waals surface area contributed by atoms with Crippen molar-refractivity contribution in [3.8, 4) is 0 Å². The van der Waals surface area contributed by atoms with Crippen LogP contribution in [0.5, 0.6) is 0 Å². The lowest BCUT2D eigenvalue weighted by atomic mass is 10.4. The Labute approximate surface area is 152 Å². The maximum Gasteiger partial charge on any atom is 0.478 e. The summed E-state index contributed by atoms with van der Waals surface area (Å²) in [6, 6.07) is 0. The largest absolute Gasteiger partial charge is 0.478 e. The predicted molar refractivity (Wildman–Crippen MR) is 107 cm³/mol. The van der Waals surface area contributed by atoms with Crippen LogP contribution < -0.4 is 0 Å². The summed E-state index contributed by atoms with van der Waals surface area (Å²) in [4.78, 5) is 0. The molecule has 0 aromatic heterocycles. The zero-order chi connectivity index (χ0) is 19.2. The molecule has 146 valence electrons. The van der Waals surface area contributed by atoms with Gasteiger partial charge in [0.2, 0.25) is 0 Å². The van der Waals surface area contributed by atoms with Gasteiger partial charge >= 0.3 is 17.4 Å². The van der Waals surface area contributed by atoms with E-state index in [1.165, 1.54) is 0 Å². The van der Waals surface area contributed by atoms with Gasteiger partial charge in [0.1, 0.15) is 0 Å². The minimum absolute atomic E-state index is 0.00490. The summed E-state index contributed by atoms with van der Waals surface area (Å²) in [6.07, 6.45) is -0.125. The van der Waals surface area contributed by atoms with Crippen LogP contribution in [0, 0.1) is 0 Å². The van der Waals surface area contributed by atoms with Crippen molar-refractivity contribution in [3.05, 3.63) is 0 Å². The van der Waals surface area contributed by atoms with E-state index in [9.17, 15) is 0 Å². The normalized spacial score (nSPS) is 17.6.